The van der Waals surface area contributed by atoms with E-state index in [0.717, 1.165) is 57.2 Å². The second kappa shape index (κ2) is 12.9. The molecule has 2 aliphatic rings. The van der Waals surface area contributed by atoms with Gasteiger partial charge in [-0.3, -0.25) is 0 Å². The first-order valence-corrected chi connectivity index (χ1v) is 11.6. The monoisotopic (exact) mass is 562 g/mol. The van der Waals surface area contributed by atoms with Gasteiger partial charge < -0.3 is 25.0 Å². The summed E-state index contributed by atoms with van der Waals surface area (Å²) in [7, 11) is 0. The summed E-state index contributed by atoms with van der Waals surface area (Å²) in [6.45, 7) is 14.4. The summed E-state index contributed by atoms with van der Waals surface area (Å²) in [6, 6.07) is 5.42. The van der Waals surface area contributed by atoms with E-state index in [1.807, 2.05) is 17.0 Å². The molecule has 0 aromatic heterocycles. The van der Waals surface area contributed by atoms with Crippen LogP contribution >= 0.6 is 24.0 Å². The van der Waals surface area contributed by atoms with E-state index in [0.29, 0.717) is 31.4 Å². The summed E-state index contributed by atoms with van der Waals surface area (Å²) >= 11 is 0. The number of ether oxygens (including phenoxy) is 2. The maximum absolute atomic E-state index is 14.7. The zero-order chi connectivity index (χ0) is 22.3. The van der Waals surface area contributed by atoms with Crippen LogP contribution in [0.15, 0.2) is 23.2 Å². The maximum Gasteiger partial charge on any atom is 0.191 e. The van der Waals surface area contributed by atoms with E-state index in [1.54, 1.807) is 6.07 Å². The minimum atomic E-state index is -0.195. The van der Waals surface area contributed by atoms with Crippen LogP contribution in [0.5, 0.6) is 0 Å². The fourth-order valence-electron chi connectivity index (χ4n) is 4.46. The summed E-state index contributed by atoms with van der Waals surface area (Å²) in [5, 5.41) is 6.79. The topological polar surface area (TPSA) is 58.1 Å². The Balaban J connectivity index is 0.00000363. The molecule has 6 nitrogen and oxygen atoms in total. The predicted octanol–water partition coefficient (Wildman–Crippen LogP) is 4.18. The van der Waals surface area contributed by atoms with Crippen molar-refractivity contribution in [3.8, 4) is 0 Å². The number of guanidine groups is 1. The van der Waals surface area contributed by atoms with Crippen LogP contribution in [-0.2, 0) is 16.0 Å². The molecular formula is C24H40FIN4O2. The third kappa shape index (κ3) is 7.73. The number of rotatable bonds is 6. The molecule has 3 rings (SSSR count). The van der Waals surface area contributed by atoms with Crippen LogP contribution in [0.25, 0.3) is 0 Å². The van der Waals surface area contributed by atoms with Crippen LogP contribution in [0.3, 0.4) is 0 Å². The molecule has 2 saturated heterocycles. The molecule has 2 atom stereocenters. The number of nitrogens with one attached hydrogen (secondary N) is 2. The molecule has 2 N–H and O–H groups in total. The fourth-order valence-corrected chi connectivity index (χ4v) is 4.46. The number of benzene rings is 1. The van der Waals surface area contributed by atoms with Crippen molar-refractivity contribution in [1.29, 1.82) is 0 Å². The highest BCUT2D eigenvalue weighted by atomic mass is 127. The van der Waals surface area contributed by atoms with Gasteiger partial charge in [0.1, 0.15) is 5.82 Å². The third-order valence-electron chi connectivity index (χ3n) is 5.96. The highest BCUT2D eigenvalue weighted by molar-refractivity contribution is 14.0. The normalized spacial score (nSPS) is 22.3. The van der Waals surface area contributed by atoms with Crippen molar-refractivity contribution in [1.82, 2.24) is 10.6 Å². The molecule has 0 bridgehead atoms. The van der Waals surface area contributed by atoms with Crippen LogP contribution in [-0.4, -0.2) is 58.1 Å². The number of halogens is 2. The Labute approximate surface area is 209 Å². The molecule has 0 spiro atoms. The van der Waals surface area contributed by atoms with Gasteiger partial charge in [0.15, 0.2) is 5.96 Å². The minimum absolute atomic E-state index is 0. The molecule has 1 aromatic carbocycles. The number of aliphatic imine (C=N–C) groups is 1. The van der Waals surface area contributed by atoms with Gasteiger partial charge in [-0.25, -0.2) is 9.38 Å². The van der Waals surface area contributed by atoms with Gasteiger partial charge in [-0.1, -0.05) is 26.8 Å². The summed E-state index contributed by atoms with van der Waals surface area (Å²) in [6.07, 6.45) is 2.49. The molecule has 2 unspecified atom stereocenters. The van der Waals surface area contributed by atoms with Crippen LogP contribution in [0.4, 0.5) is 10.1 Å². The number of nitrogens with zero attached hydrogens (tertiary/aromatic N) is 2. The van der Waals surface area contributed by atoms with Crippen LogP contribution in [0.2, 0.25) is 0 Å². The summed E-state index contributed by atoms with van der Waals surface area (Å²) in [4.78, 5) is 6.73. The van der Waals surface area contributed by atoms with Crippen molar-refractivity contribution >= 4 is 35.6 Å². The highest BCUT2D eigenvalue weighted by Crippen LogP contribution is 2.33. The van der Waals surface area contributed by atoms with E-state index in [1.165, 1.54) is 0 Å². The van der Waals surface area contributed by atoms with E-state index in [9.17, 15) is 4.39 Å². The van der Waals surface area contributed by atoms with E-state index in [-0.39, 0.29) is 41.3 Å². The molecule has 2 heterocycles. The van der Waals surface area contributed by atoms with Gasteiger partial charge >= 0.3 is 0 Å². The van der Waals surface area contributed by atoms with Crippen LogP contribution in [0.1, 0.15) is 46.1 Å². The standard InChI is InChI=1S/C24H39FN4O2.HI/c1-5-26-23(28-17-19-7-6-12-31-22(19)24(2,3)4)27-16-18-8-9-21(20(25)15-18)29-10-13-30-14-11-29;/h8-9,15,19,22H,5-7,10-14,16-17H2,1-4H3,(H2,26,27,28);1H. The van der Waals surface area contributed by atoms with Crippen LogP contribution in [0, 0.1) is 17.2 Å². The summed E-state index contributed by atoms with van der Waals surface area (Å²) < 4.78 is 26.1. The quantitative estimate of drug-likeness (QED) is 0.310. The lowest BCUT2D eigenvalue weighted by molar-refractivity contribution is -0.0835. The highest BCUT2D eigenvalue weighted by Gasteiger charge is 2.35. The first kappa shape index (κ1) is 27.1. The van der Waals surface area contributed by atoms with Gasteiger partial charge in [0, 0.05) is 38.7 Å². The lowest BCUT2D eigenvalue weighted by Crippen LogP contribution is -2.47. The molecule has 0 radical (unpaired) electrons. The van der Waals surface area contributed by atoms with Crippen molar-refractivity contribution in [3.05, 3.63) is 29.6 Å². The van der Waals surface area contributed by atoms with Crippen molar-refractivity contribution in [2.24, 2.45) is 16.3 Å². The first-order chi connectivity index (χ1) is 14.9. The average molecular weight is 563 g/mol. The summed E-state index contributed by atoms with van der Waals surface area (Å²) in [5.41, 5.74) is 1.62. The molecule has 8 heteroatoms. The van der Waals surface area contributed by atoms with Gasteiger partial charge in [-0.15, -0.1) is 24.0 Å². The van der Waals surface area contributed by atoms with Gasteiger partial charge in [-0.2, -0.15) is 0 Å². The molecule has 32 heavy (non-hydrogen) atoms. The average Bonchev–Trinajstić information content (AvgIpc) is 2.76. The molecule has 182 valence electrons. The van der Waals surface area contributed by atoms with Crippen molar-refractivity contribution in [2.45, 2.75) is 53.2 Å². The summed E-state index contributed by atoms with van der Waals surface area (Å²) in [5.74, 6) is 1.01. The molecule has 1 aromatic rings. The first-order valence-electron chi connectivity index (χ1n) is 11.6. The van der Waals surface area contributed by atoms with Crippen LogP contribution < -0.4 is 15.5 Å². The number of morpholine rings is 1. The number of anilines is 1. The molecule has 0 aliphatic carbocycles. The zero-order valence-electron chi connectivity index (χ0n) is 20.0. The Morgan fingerprint density at radius 2 is 1.94 bits per heavy atom. The second-order valence-corrected chi connectivity index (χ2v) is 9.52. The van der Waals surface area contributed by atoms with Crippen molar-refractivity contribution in [2.75, 3.05) is 50.9 Å². The van der Waals surface area contributed by atoms with E-state index in [2.05, 4.69) is 38.3 Å². The lowest BCUT2D eigenvalue weighted by Gasteiger charge is -2.40. The molecule has 0 saturated carbocycles. The number of hydrogen-bond donors (Lipinski definition) is 2. The van der Waals surface area contributed by atoms with Crippen molar-refractivity contribution in [3.63, 3.8) is 0 Å². The smallest absolute Gasteiger partial charge is 0.191 e. The Bertz CT molecular complexity index is 735. The van der Waals surface area contributed by atoms with Gasteiger partial charge in [0.25, 0.3) is 0 Å². The minimum Gasteiger partial charge on any atom is -0.378 e. The Hall–Kier alpha value is -1.13. The fraction of sp³-hybridized carbons (Fsp3) is 0.708. The Kier molecular flexibility index (Phi) is 11.0. The van der Waals surface area contributed by atoms with Gasteiger partial charge in [-0.05, 0) is 42.9 Å². The Morgan fingerprint density at radius 3 is 2.59 bits per heavy atom. The molecule has 0 amide bonds. The van der Waals surface area contributed by atoms with E-state index < -0.39 is 0 Å². The van der Waals surface area contributed by atoms with Gasteiger partial charge in [0.2, 0.25) is 0 Å². The maximum atomic E-state index is 14.7. The molecule has 2 aliphatic heterocycles. The Morgan fingerprint density at radius 1 is 1.19 bits per heavy atom. The van der Waals surface area contributed by atoms with E-state index >= 15 is 0 Å². The largest absolute Gasteiger partial charge is 0.378 e. The SMILES string of the molecule is CCNC(=NCc1ccc(N2CCOCC2)c(F)c1)NCC1CCCOC1C(C)(C)C.I. The van der Waals surface area contributed by atoms with E-state index in [4.69, 9.17) is 14.5 Å². The van der Waals surface area contributed by atoms with Gasteiger partial charge in [0.05, 0.1) is 31.5 Å². The number of hydrogen-bond acceptors (Lipinski definition) is 4. The zero-order valence-corrected chi connectivity index (χ0v) is 22.3. The third-order valence-corrected chi connectivity index (χ3v) is 5.96. The lowest BCUT2D eigenvalue weighted by atomic mass is 9.78. The predicted molar refractivity (Wildman–Crippen MR) is 140 cm³/mol. The molecule has 2 fully saturated rings. The van der Waals surface area contributed by atoms with Crippen molar-refractivity contribution < 1.29 is 13.9 Å². The molecular weight excluding hydrogens is 522 g/mol. The second-order valence-electron chi connectivity index (χ2n) is 9.52.